The third-order valence-corrected chi connectivity index (χ3v) is 2.44. The summed E-state index contributed by atoms with van der Waals surface area (Å²) in [4.78, 5) is 11.4. The summed E-state index contributed by atoms with van der Waals surface area (Å²) in [7, 11) is 1.50. The summed E-state index contributed by atoms with van der Waals surface area (Å²) in [5, 5.41) is 11.7. The Kier molecular flexibility index (Phi) is 9.92. The Morgan fingerprint density at radius 2 is 2.00 bits per heavy atom. The van der Waals surface area contributed by atoms with E-state index in [2.05, 4.69) is 11.1 Å². The van der Waals surface area contributed by atoms with Gasteiger partial charge in [-0.3, -0.25) is 0 Å². The molecule has 7 heteroatoms. The third-order valence-electron chi connectivity index (χ3n) is 2.44. The normalized spacial score (nSPS) is 10.4. The van der Waals surface area contributed by atoms with Crippen LogP contribution in [0.5, 0.6) is 5.75 Å². The molecule has 0 saturated heterocycles. The molecule has 1 amide bonds. The highest BCUT2D eigenvalue weighted by atomic mass is 19.1. The van der Waals surface area contributed by atoms with Crippen molar-refractivity contribution in [2.24, 2.45) is 5.73 Å². The number of halogens is 1. The van der Waals surface area contributed by atoms with Gasteiger partial charge in [0.15, 0.2) is 0 Å². The van der Waals surface area contributed by atoms with Crippen molar-refractivity contribution in [1.29, 1.82) is 0 Å². The Hall–Kier alpha value is -1.86. The minimum atomic E-state index is -0.523. The molecule has 132 valence electrons. The molecule has 0 bridgehead atoms. The standard InChI is InChI=1S/C15H22FNO4.CH5N/c1-15(2,3)21-14(19)17-7-4-8-20-13-6-5-12(16)9-11(13)10-18;1-2/h5-6,9,18H,4,7-8,10H2,1-3H3,(H,17,19);2H2,1H3. The molecule has 1 aromatic carbocycles. The summed E-state index contributed by atoms with van der Waals surface area (Å²) in [6.07, 6.45) is 0.0990. The number of rotatable bonds is 6. The van der Waals surface area contributed by atoms with Gasteiger partial charge in [-0.25, -0.2) is 9.18 Å². The van der Waals surface area contributed by atoms with Crippen LogP contribution in [0.1, 0.15) is 32.8 Å². The molecule has 0 saturated carbocycles. The maximum absolute atomic E-state index is 13.0. The number of benzene rings is 1. The van der Waals surface area contributed by atoms with Gasteiger partial charge < -0.3 is 25.6 Å². The Morgan fingerprint density at radius 1 is 1.35 bits per heavy atom. The second-order valence-electron chi connectivity index (χ2n) is 5.54. The van der Waals surface area contributed by atoms with Crippen molar-refractivity contribution in [3.63, 3.8) is 0 Å². The van der Waals surface area contributed by atoms with Crippen LogP contribution in [0.15, 0.2) is 18.2 Å². The Labute approximate surface area is 136 Å². The molecule has 0 spiro atoms. The van der Waals surface area contributed by atoms with Crippen LogP contribution >= 0.6 is 0 Å². The van der Waals surface area contributed by atoms with E-state index in [4.69, 9.17) is 14.6 Å². The zero-order valence-electron chi connectivity index (χ0n) is 14.2. The molecule has 1 aromatic rings. The van der Waals surface area contributed by atoms with Crippen molar-refractivity contribution >= 4 is 6.09 Å². The first-order valence-corrected chi connectivity index (χ1v) is 7.38. The first-order valence-electron chi connectivity index (χ1n) is 7.38. The van der Waals surface area contributed by atoms with Crippen LogP contribution in [0, 0.1) is 5.82 Å². The van der Waals surface area contributed by atoms with E-state index in [1.54, 1.807) is 20.8 Å². The minimum Gasteiger partial charge on any atom is -0.493 e. The molecule has 0 aliphatic rings. The van der Waals surface area contributed by atoms with Crippen molar-refractivity contribution in [1.82, 2.24) is 5.32 Å². The van der Waals surface area contributed by atoms with Gasteiger partial charge in [-0.1, -0.05) is 0 Å². The smallest absolute Gasteiger partial charge is 0.407 e. The molecule has 4 N–H and O–H groups in total. The van der Waals surface area contributed by atoms with Gasteiger partial charge in [0.1, 0.15) is 17.2 Å². The molecule has 1 rings (SSSR count). The molecule has 0 aromatic heterocycles. The van der Waals surface area contributed by atoms with Crippen molar-refractivity contribution in [3.8, 4) is 5.75 Å². The second kappa shape index (κ2) is 10.8. The van der Waals surface area contributed by atoms with Crippen LogP contribution in [-0.2, 0) is 11.3 Å². The van der Waals surface area contributed by atoms with Crippen LogP contribution in [0.2, 0.25) is 0 Å². The SMILES string of the molecule is CC(C)(C)OC(=O)NCCCOc1ccc(F)cc1CO.CN. The summed E-state index contributed by atoms with van der Waals surface area (Å²) in [5.74, 6) is 0.0224. The van der Waals surface area contributed by atoms with E-state index in [-0.39, 0.29) is 6.61 Å². The molecular weight excluding hydrogens is 303 g/mol. The summed E-state index contributed by atoms with van der Waals surface area (Å²) in [5.41, 5.74) is 4.38. The number of alkyl carbamates (subject to hydrolysis) is 1. The number of ether oxygens (including phenoxy) is 2. The van der Waals surface area contributed by atoms with Crippen LogP contribution in [0.4, 0.5) is 9.18 Å². The molecule has 0 heterocycles. The fraction of sp³-hybridized carbons (Fsp3) is 0.562. The van der Waals surface area contributed by atoms with E-state index in [1.807, 2.05) is 0 Å². The lowest BCUT2D eigenvalue weighted by Crippen LogP contribution is -2.33. The highest BCUT2D eigenvalue weighted by Crippen LogP contribution is 2.19. The first-order chi connectivity index (χ1) is 10.8. The number of hydrogen-bond donors (Lipinski definition) is 3. The number of aliphatic hydroxyl groups excluding tert-OH is 1. The van der Waals surface area contributed by atoms with Gasteiger partial charge in [0.25, 0.3) is 0 Å². The quantitative estimate of drug-likeness (QED) is 0.695. The molecule has 0 aliphatic heterocycles. The fourth-order valence-corrected chi connectivity index (χ4v) is 1.57. The van der Waals surface area contributed by atoms with Gasteiger partial charge in [0, 0.05) is 12.1 Å². The average molecular weight is 330 g/mol. The van der Waals surface area contributed by atoms with E-state index in [9.17, 15) is 9.18 Å². The van der Waals surface area contributed by atoms with Crippen LogP contribution in [0.3, 0.4) is 0 Å². The van der Waals surface area contributed by atoms with Crippen molar-refractivity contribution < 1.29 is 23.8 Å². The number of hydrogen-bond acceptors (Lipinski definition) is 5. The maximum atomic E-state index is 13.0. The number of nitrogens with two attached hydrogens (primary N) is 1. The molecule has 0 radical (unpaired) electrons. The topological polar surface area (TPSA) is 93.8 Å². The Balaban J connectivity index is 0.00000232. The zero-order valence-corrected chi connectivity index (χ0v) is 14.2. The van der Waals surface area contributed by atoms with E-state index in [1.165, 1.54) is 25.2 Å². The molecular formula is C16H27FN2O4. The van der Waals surface area contributed by atoms with Gasteiger partial charge in [0.2, 0.25) is 0 Å². The average Bonchev–Trinajstić information content (AvgIpc) is 2.48. The molecule has 6 nitrogen and oxygen atoms in total. The monoisotopic (exact) mass is 330 g/mol. The summed E-state index contributed by atoms with van der Waals surface area (Å²) in [6, 6.07) is 3.98. The van der Waals surface area contributed by atoms with Crippen LogP contribution in [0.25, 0.3) is 0 Å². The minimum absolute atomic E-state index is 0.288. The molecule has 23 heavy (non-hydrogen) atoms. The van der Waals surface area contributed by atoms with Crippen molar-refractivity contribution in [3.05, 3.63) is 29.6 Å². The number of nitrogens with one attached hydrogen (secondary N) is 1. The summed E-state index contributed by atoms with van der Waals surface area (Å²) < 4.78 is 23.5. The second-order valence-corrected chi connectivity index (χ2v) is 5.54. The first kappa shape index (κ1) is 21.1. The van der Waals surface area contributed by atoms with E-state index in [0.717, 1.165) is 0 Å². The number of aliphatic hydroxyl groups is 1. The van der Waals surface area contributed by atoms with Gasteiger partial charge in [-0.15, -0.1) is 0 Å². The van der Waals surface area contributed by atoms with Crippen molar-refractivity contribution in [2.75, 3.05) is 20.2 Å². The molecule has 0 aliphatic carbocycles. The number of amides is 1. The lowest BCUT2D eigenvalue weighted by molar-refractivity contribution is 0.0525. The van der Waals surface area contributed by atoms with Crippen molar-refractivity contribution in [2.45, 2.75) is 39.4 Å². The van der Waals surface area contributed by atoms with Gasteiger partial charge in [-0.05, 0) is 52.4 Å². The zero-order chi connectivity index (χ0) is 17.9. The number of carbonyl (C=O) groups is 1. The maximum Gasteiger partial charge on any atom is 0.407 e. The van der Waals surface area contributed by atoms with E-state index >= 15 is 0 Å². The van der Waals surface area contributed by atoms with Gasteiger partial charge in [0.05, 0.1) is 13.2 Å². The lowest BCUT2D eigenvalue weighted by Gasteiger charge is -2.19. The molecule has 0 fully saturated rings. The highest BCUT2D eigenvalue weighted by Gasteiger charge is 2.15. The fourth-order valence-electron chi connectivity index (χ4n) is 1.57. The predicted octanol–water partition coefficient (Wildman–Crippen LogP) is 2.19. The summed E-state index contributed by atoms with van der Waals surface area (Å²) in [6.45, 7) is 5.84. The molecule has 0 atom stereocenters. The van der Waals surface area contributed by atoms with Gasteiger partial charge >= 0.3 is 6.09 Å². The molecule has 0 unspecified atom stereocenters. The van der Waals surface area contributed by atoms with Crippen LogP contribution in [-0.4, -0.2) is 37.0 Å². The lowest BCUT2D eigenvalue weighted by atomic mass is 10.2. The van der Waals surface area contributed by atoms with Crippen LogP contribution < -0.4 is 15.8 Å². The summed E-state index contributed by atoms with van der Waals surface area (Å²) >= 11 is 0. The van der Waals surface area contributed by atoms with E-state index < -0.39 is 17.5 Å². The Bertz CT molecular complexity index is 476. The third kappa shape index (κ3) is 9.70. The van der Waals surface area contributed by atoms with Gasteiger partial charge in [-0.2, -0.15) is 0 Å². The predicted molar refractivity (Wildman–Crippen MR) is 86.8 cm³/mol. The largest absolute Gasteiger partial charge is 0.493 e. The van der Waals surface area contributed by atoms with E-state index in [0.29, 0.717) is 30.9 Å². The highest BCUT2D eigenvalue weighted by molar-refractivity contribution is 5.67. The Morgan fingerprint density at radius 3 is 2.57 bits per heavy atom. The number of carbonyl (C=O) groups excluding carboxylic acids is 1.